The molecule has 0 aliphatic carbocycles. The van der Waals surface area contributed by atoms with Crippen molar-refractivity contribution in [1.29, 1.82) is 0 Å². The van der Waals surface area contributed by atoms with Crippen LogP contribution in [0.1, 0.15) is 22.2 Å². The molecule has 3 aromatic rings. The summed E-state index contributed by atoms with van der Waals surface area (Å²) in [5, 5.41) is 7.29. The molecule has 0 spiro atoms. The lowest BCUT2D eigenvalue weighted by Gasteiger charge is -2.05. The number of rotatable bonds is 6. The van der Waals surface area contributed by atoms with Crippen LogP contribution in [0, 0.1) is 0 Å². The average molecular weight is 406 g/mol. The molecule has 1 aromatic heterocycles. The van der Waals surface area contributed by atoms with E-state index in [2.05, 4.69) is 10.6 Å². The fourth-order valence-electron chi connectivity index (χ4n) is 2.40. The van der Waals surface area contributed by atoms with Crippen molar-refractivity contribution in [3.8, 4) is 5.75 Å². The number of thiophene rings is 1. The molecule has 0 saturated carbocycles. The Morgan fingerprint density at radius 3 is 2.17 bits per heavy atom. The highest BCUT2D eigenvalue weighted by molar-refractivity contribution is 7.12. The summed E-state index contributed by atoms with van der Waals surface area (Å²) in [6, 6.07) is 17.2. The van der Waals surface area contributed by atoms with Gasteiger partial charge in [0, 0.05) is 24.4 Å². The molecule has 0 aliphatic heterocycles. The Morgan fingerprint density at radius 1 is 0.897 bits per heavy atom. The Balaban J connectivity index is 1.53. The molecule has 3 rings (SSSR count). The van der Waals surface area contributed by atoms with Gasteiger partial charge in [-0.2, -0.15) is 0 Å². The summed E-state index contributed by atoms with van der Waals surface area (Å²) < 4.78 is 5.25. The summed E-state index contributed by atoms with van der Waals surface area (Å²) in [5.41, 5.74) is 2.09. The maximum absolute atomic E-state index is 12.0. The highest BCUT2D eigenvalue weighted by atomic mass is 32.1. The van der Waals surface area contributed by atoms with Gasteiger partial charge in [0.1, 0.15) is 5.75 Å². The lowest BCUT2D eigenvalue weighted by Crippen LogP contribution is -2.10. The third-order valence-corrected chi connectivity index (χ3v) is 4.59. The van der Waals surface area contributed by atoms with Crippen LogP contribution in [-0.4, -0.2) is 17.8 Å². The number of hydrogen-bond donors (Lipinski definition) is 2. The first-order chi connectivity index (χ1) is 14.0. The molecule has 0 atom stereocenters. The van der Waals surface area contributed by atoms with E-state index < -0.39 is 5.97 Å². The number of nitrogens with one attached hydrogen (secondary N) is 2. The van der Waals surface area contributed by atoms with Gasteiger partial charge in [0.2, 0.25) is 5.91 Å². The monoisotopic (exact) mass is 406 g/mol. The van der Waals surface area contributed by atoms with Crippen LogP contribution in [0.15, 0.2) is 72.1 Å². The number of carbonyl (C=O) groups excluding carboxylic acids is 3. The van der Waals surface area contributed by atoms with Crippen molar-refractivity contribution in [2.24, 2.45) is 0 Å². The Hall–Kier alpha value is -3.71. The van der Waals surface area contributed by atoms with Gasteiger partial charge in [-0.1, -0.05) is 18.2 Å². The number of carbonyl (C=O) groups is 3. The molecule has 0 fully saturated rings. The van der Waals surface area contributed by atoms with Crippen LogP contribution in [0.4, 0.5) is 11.4 Å². The maximum atomic E-state index is 12.0. The molecule has 2 amide bonds. The van der Waals surface area contributed by atoms with Gasteiger partial charge in [0.05, 0.1) is 4.88 Å². The number of ether oxygens (including phenoxy) is 1. The van der Waals surface area contributed by atoms with E-state index in [4.69, 9.17) is 4.74 Å². The quantitative estimate of drug-likeness (QED) is 0.357. The van der Waals surface area contributed by atoms with Gasteiger partial charge in [-0.25, -0.2) is 4.79 Å². The van der Waals surface area contributed by atoms with E-state index in [0.29, 0.717) is 22.0 Å². The molecule has 0 bridgehead atoms. The van der Waals surface area contributed by atoms with Crippen LogP contribution in [0.2, 0.25) is 0 Å². The van der Waals surface area contributed by atoms with E-state index >= 15 is 0 Å². The minimum atomic E-state index is -0.522. The molecule has 0 aliphatic rings. The Labute approximate surface area is 171 Å². The predicted molar refractivity (Wildman–Crippen MR) is 114 cm³/mol. The van der Waals surface area contributed by atoms with Crippen LogP contribution >= 0.6 is 11.3 Å². The zero-order chi connectivity index (χ0) is 20.6. The highest BCUT2D eigenvalue weighted by Crippen LogP contribution is 2.18. The SMILES string of the molecule is CC(=O)Nc1ccc(/C=C/C(=O)Oc2ccc(NC(=O)c3cccs3)cc2)cc1. The lowest BCUT2D eigenvalue weighted by atomic mass is 10.2. The molecule has 6 nitrogen and oxygen atoms in total. The van der Waals surface area contributed by atoms with Crippen LogP contribution in [0.5, 0.6) is 5.75 Å². The molecule has 1 heterocycles. The van der Waals surface area contributed by atoms with Gasteiger partial charge < -0.3 is 15.4 Å². The molecule has 146 valence electrons. The molecule has 0 saturated heterocycles. The normalized spacial score (nSPS) is 10.5. The van der Waals surface area contributed by atoms with Gasteiger partial charge in [-0.15, -0.1) is 11.3 Å². The first-order valence-corrected chi connectivity index (χ1v) is 9.60. The first-order valence-electron chi connectivity index (χ1n) is 8.72. The maximum Gasteiger partial charge on any atom is 0.336 e. The second-order valence-corrected chi connectivity index (χ2v) is 6.96. The van der Waals surface area contributed by atoms with Crippen LogP contribution in [0.3, 0.4) is 0 Å². The summed E-state index contributed by atoms with van der Waals surface area (Å²) in [5.74, 6) is -0.479. The van der Waals surface area contributed by atoms with Gasteiger partial charge >= 0.3 is 5.97 Å². The minimum Gasteiger partial charge on any atom is -0.423 e. The Kier molecular flexibility index (Phi) is 6.55. The van der Waals surface area contributed by atoms with Crippen molar-refractivity contribution >= 4 is 46.6 Å². The molecule has 0 radical (unpaired) electrons. The molecular weight excluding hydrogens is 388 g/mol. The van der Waals surface area contributed by atoms with Gasteiger partial charge in [0.15, 0.2) is 0 Å². The van der Waals surface area contributed by atoms with Crippen molar-refractivity contribution in [1.82, 2.24) is 0 Å². The second-order valence-electron chi connectivity index (χ2n) is 6.01. The van der Waals surface area contributed by atoms with Gasteiger partial charge in [-0.3, -0.25) is 9.59 Å². The third-order valence-electron chi connectivity index (χ3n) is 3.72. The largest absolute Gasteiger partial charge is 0.423 e. The van der Waals surface area contributed by atoms with Crippen molar-refractivity contribution in [3.05, 3.63) is 82.6 Å². The minimum absolute atomic E-state index is 0.144. The summed E-state index contributed by atoms with van der Waals surface area (Å²) in [6.07, 6.45) is 2.94. The Bertz CT molecular complexity index is 1020. The fourth-order valence-corrected chi connectivity index (χ4v) is 3.02. The molecule has 2 N–H and O–H groups in total. The van der Waals surface area contributed by atoms with Crippen molar-refractivity contribution in [3.63, 3.8) is 0 Å². The van der Waals surface area contributed by atoms with Crippen LogP contribution in [-0.2, 0) is 9.59 Å². The van der Waals surface area contributed by atoms with Crippen molar-refractivity contribution in [2.75, 3.05) is 10.6 Å². The molecule has 29 heavy (non-hydrogen) atoms. The molecule has 2 aromatic carbocycles. The number of hydrogen-bond acceptors (Lipinski definition) is 5. The molecule has 0 unspecified atom stereocenters. The fraction of sp³-hybridized carbons (Fsp3) is 0.0455. The smallest absolute Gasteiger partial charge is 0.336 e. The lowest BCUT2D eigenvalue weighted by molar-refractivity contribution is -0.128. The van der Waals surface area contributed by atoms with Crippen LogP contribution in [0.25, 0.3) is 6.08 Å². The third kappa shape index (κ3) is 6.15. The van der Waals surface area contributed by atoms with Gasteiger partial charge in [0.25, 0.3) is 5.91 Å². The number of amides is 2. The zero-order valence-corrected chi connectivity index (χ0v) is 16.4. The van der Waals surface area contributed by atoms with E-state index in [1.54, 1.807) is 60.7 Å². The van der Waals surface area contributed by atoms with E-state index in [9.17, 15) is 14.4 Å². The average Bonchev–Trinajstić information content (AvgIpc) is 3.24. The van der Waals surface area contributed by atoms with Crippen molar-refractivity contribution in [2.45, 2.75) is 6.92 Å². The summed E-state index contributed by atoms with van der Waals surface area (Å²) in [6.45, 7) is 1.44. The van der Waals surface area contributed by atoms with E-state index in [0.717, 1.165) is 5.56 Å². The second kappa shape index (κ2) is 9.48. The zero-order valence-electron chi connectivity index (χ0n) is 15.5. The van der Waals surface area contributed by atoms with E-state index in [1.807, 2.05) is 11.4 Å². The summed E-state index contributed by atoms with van der Waals surface area (Å²) in [7, 11) is 0. The van der Waals surface area contributed by atoms with E-state index in [1.165, 1.54) is 24.3 Å². The summed E-state index contributed by atoms with van der Waals surface area (Å²) >= 11 is 1.36. The predicted octanol–water partition coefficient (Wildman–Crippen LogP) is 4.58. The summed E-state index contributed by atoms with van der Waals surface area (Å²) in [4.78, 5) is 35.6. The van der Waals surface area contributed by atoms with E-state index in [-0.39, 0.29) is 11.8 Å². The molecular formula is C22H18N2O4S. The van der Waals surface area contributed by atoms with Crippen molar-refractivity contribution < 1.29 is 19.1 Å². The molecule has 7 heteroatoms. The Morgan fingerprint density at radius 2 is 1.55 bits per heavy atom. The number of benzene rings is 2. The highest BCUT2D eigenvalue weighted by Gasteiger charge is 2.07. The standard InChI is InChI=1S/C22H18N2O4S/c1-15(25)23-17-7-4-16(5-8-17)6-13-21(26)28-19-11-9-18(10-12-19)24-22(27)20-3-2-14-29-20/h2-14H,1H3,(H,23,25)(H,24,27)/b13-6+. The number of esters is 1. The first kappa shape index (κ1) is 20.0. The van der Waals surface area contributed by atoms with Gasteiger partial charge in [-0.05, 0) is 59.5 Å². The number of anilines is 2. The topological polar surface area (TPSA) is 84.5 Å². The van der Waals surface area contributed by atoms with Crippen LogP contribution < -0.4 is 15.4 Å².